The van der Waals surface area contributed by atoms with Crippen LogP contribution in [-0.4, -0.2) is 44.6 Å². The molecule has 204 valence electrons. The Labute approximate surface area is 234 Å². The van der Waals surface area contributed by atoms with Gasteiger partial charge in [0.1, 0.15) is 6.23 Å². The van der Waals surface area contributed by atoms with Crippen molar-refractivity contribution in [2.45, 2.75) is 57.0 Å². The van der Waals surface area contributed by atoms with Gasteiger partial charge in [-0.15, -0.1) is 0 Å². The molecule has 0 radical (unpaired) electrons. The summed E-state index contributed by atoms with van der Waals surface area (Å²) in [7, 11) is 1.30. The highest BCUT2D eigenvalue weighted by atomic mass is 32.2. The maximum atomic E-state index is 13.5. The summed E-state index contributed by atoms with van der Waals surface area (Å²) in [6, 6.07) is 12.6. The fourth-order valence-electron chi connectivity index (χ4n) is 7.46. The molecule has 3 aromatic carbocycles. The average molecular weight is 556 g/mol. The molecule has 2 bridgehead atoms. The second-order valence-electron chi connectivity index (χ2n) is 11.3. The van der Waals surface area contributed by atoms with E-state index >= 15 is 0 Å². The van der Waals surface area contributed by atoms with Crippen molar-refractivity contribution in [3.63, 3.8) is 0 Å². The maximum absolute atomic E-state index is 13.5. The van der Waals surface area contributed by atoms with E-state index in [0.717, 1.165) is 66.2 Å². The highest BCUT2D eigenvalue weighted by molar-refractivity contribution is 7.98. The number of rotatable bonds is 4. The third-order valence-corrected chi connectivity index (χ3v) is 10.2. The average Bonchev–Trinajstić information content (AvgIpc) is 3.63. The van der Waals surface area contributed by atoms with Crippen LogP contribution in [0.1, 0.15) is 53.5 Å². The predicted molar refractivity (Wildman–Crippen MR) is 156 cm³/mol. The monoisotopic (exact) mass is 555 g/mol. The van der Waals surface area contributed by atoms with Crippen molar-refractivity contribution in [3.8, 4) is 0 Å². The first-order chi connectivity index (χ1) is 19.2. The molecule has 8 rings (SSSR count). The topological polar surface area (TPSA) is 94.7 Å². The Morgan fingerprint density at radius 1 is 1.18 bits per heavy atom. The van der Waals surface area contributed by atoms with E-state index in [1.165, 1.54) is 12.7 Å². The summed E-state index contributed by atoms with van der Waals surface area (Å²) in [5.74, 6) is 1.06. The first-order valence-electron chi connectivity index (χ1n) is 13.6. The van der Waals surface area contributed by atoms with E-state index in [4.69, 9.17) is 9.47 Å². The molecule has 3 aliphatic rings. The van der Waals surface area contributed by atoms with E-state index in [2.05, 4.69) is 41.1 Å². The minimum absolute atomic E-state index is 0.0119. The summed E-state index contributed by atoms with van der Waals surface area (Å²) < 4.78 is 16.1. The molecule has 1 unspecified atom stereocenters. The number of nitrogens with one attached hydrogen (secondary N) is 1. The van der Waals surface area contributed by atoms with Crippen molar-refractivity contribution in [1.29, 1.82) is 0 Å². The molecule has 3 atom stereocenters. The fraction of sp³-hybridized carbons (Fsp3) is 0.355. The lowest BCUT2D eigenvalue weighted by Gasteiger charge is -2.37. The number of carbonyl (C=O) groups excluding carboxylic acids is 2. The Hall–Kier alpha value is -3.53. The quantitative estimate of drug-likeness (QED) is 0.296. The van der Waals surface area contributed by atoms with Crippen LogP contribution in [0, 0.1) is 6.92 Å². The summed E-state index contributed by atoms with van der Waals surface area (Å²) in [6.07, 6.45) is -0.643. The number of ether oxygens (including phenoxy) is 2. The number of hydrogen-bond donors (Lipinski definition) is 2. The van der Waals surface area contributed by atoms with Gasteiger partial charge in [-0.05, 0) is 55.0 Å². The van der Waals surface area contributed by atoms with E-state index in [-0.39, 0.29) is 12.3 Å². The Morgan fingerprint density at radius 2 is 1.95 bits per heavy atom. The van der Waals surface area contributed by atoms with Crippen LogP contribution < -0.4 is 5.32 Å². The molecule has 5 heterocycles. The van der Waals surface area contributed by atoms with Gasteiger partial charge in [-0.1, -0.05) is 24.6 Å². The second kappa shape index (κ2) is 7.81. The van der Waals surface area contributed by atoms with Crippen molar-refractivity contribution in [2.24, 2.45) is 0 Å². The smallest absolute Gasteiger partial charge is 0.343 e. The van der Waals surface area contributed by atoms with Crippen LogP contribution in [0.2, 0.25) is 0 Å². The van der Waals surface area contributed by atoms with Crippen LogP contribution in [0.3, 0.4) is 0 Å². The number of hydrogen-bond acceptors (Lipinski definition) is 6. The van der Waals surface area contributed by atoms with Gasteiger partial charge in [-0.3, -0.25) is 4.79 Å². The van der Waals surface area contributed by atoms with Crippen molar-refractivity contribution in [2.75, 3.05) is 12.9 Å². The summed E-state index contributed by atoms with van der Waals surface area (Å²) >= 11 is 1.85. The molecule has 0 spiro atoms. The second-order valence-corrected chi connectivity index (χ2v) is 12.6. The van der Waals surface area contributed by atoms with Gasteiger partial charge in [0.05, 0.1) is 34.7 Å². The molecule has 9 heteroatoms. The summed E-state index contributed by atoms with van der Waals surface area (Å²) in [4.78, 5) is 26.9. The molecule has 40 heavy (non-hydrogen) atoms. The standard InChI is InChI=1S/C31H29N3O5S/c1-5-40-14-16-7-9-21-18(11-16)23-19-13-32-28(35)25(19)24-17-10-15(2)6-8-20(17)33-22-12-31(37,29(36)38-4)30(3,39-22)34(21)27(23)26(24)33/h6-11,22,37H,5,12-14H2,1-4H3,(H,32,35)/t22?,30-,31-/m0/s1. The van der Waals surface area contributed by atoms with Crippen LogP contribution in [-0.2, 0) is 32.3 Å². The number of nitrogens with zero attached hydrogens (tertiary/aromatic N) is 2. The zero-order valence-corrected chi connectivity index (χ0v) is 23.6. The number of aliphatic hydroxyl groups is 1. The van der Waals surface area contributed by atoms with Crippen LogP contribution in [0.5, 0.6) is 0 Å². The SMILES string of the molecule is CCSCc1ccc2c(c1)c1c3c(c4c5cc(C)ccc5n5c4c1n2[C@@]1(C)OC5C[C@]1(O)C(=O)OC)C(=O)NC3. The van der Waals surface area contributed by atoms with Gasteiger partial charge < -0.3 is 29.0 Å². The minimum Gasteiger partial charge on any atom is -0.467 e. The number of thioether (sulfide) groups is 1. The van der Waals surface area contributed by atoms with E-state index < -0.39 is 23.5 Å². The molecule has 1 saturated heterocycles. The van der Waals surface area contributed by atoms with Crippen molar-refractivity contribution >= 4 is 67.3 Å². The predicted octanol–water partition coefficient (Wildman–Crippen LogP) is 5.22. The van der Waals surface area contributed by atoms with Crippen molar-refractivity contribution in [1.82, 2.24) is 14.5 Å². The summed E-state index contributed by atoms with van der Waals surface area (Å²) in [5.41, 5.74) is 4.00. The minimum atomic E-state index is -1.94. The number of fused-ring (bicyclic) bond motifs is 13. The molecule has 2 aromatic heterocycles. The molecule has 8 nitrogen and oxygen atoms in total. The highest BCUT2D eigenvalue weighted by Crippen LogP contribution is 2.57. The molecule has 5 aromatic rings. The lowest BCUT2D eigenvalue weighted by molar-refractivity contribution is -0.202. The normalized spacial score (nSPS) is 24.9. The van der Waals surface area contributed by atoms with Gasteiger partial charge >= 0.3 is 5.97 Å². The number of benzene rings is 3. The van der Waals surface area contributed by atoms with Gasteiger partial charge in [0.15, 0.2) is 5.72 Å². The van der Waals surface area contributed by atoms with Crippen LogP contribution in [0.4, 0.5) is 0 Å². The number of methoxy groups -OCH3 is 1. The zero-order valence-electron chi connectivity index (χ0n) is 22.8. The molecule has 0 saturated carbocycles. The Morgan fingerprint density at radius 3 is 2.73 bits per heavy atom. The Balaban J connectivity index is 1.66. The van der Waals surface area contributed by atoms with Gasteiger partial charge in [0.2, 0.25) is 5.60 Å². The van der Waals surface area contributed by atoms with E-state index in [9.17, 15) is 14.7 Å². The molecule has 1 amide bonds. The van der Waals surface area contributed by atoms with Gasteiger partial charge in [-0.2, -0.15) is 11.8 Å². The number of aryl methyl sites for hydroxylation is 1. The van der Waals surface area contributed by atoms with Gasteiger partial charge in [-0.25, -0.2) is 4.79 Å². The van der Waals surface area contributed by atoms with Crippen molar-refractivity contribution in [3.05, 3.63) is 58.7 Å². The third kappa shape index (κ3) is 2.66. The van der Waals surface area contributed by atoms with Crippen LogP contribution in [0.15, 0.2) is 36.4 Å². The molecule has 1 fully saturated rings. The van der Waals surface area contributed by atoms with Crippen LogP contribution >= 0.6 is 11.8 Å². The highest BCUT2D eigenvalue weighted by Gasteiger charge is 2.65. The Kier molecular flexibility index (Phi) is 4.74. The molecular formula is C31H29N3O5S. The number of carbonyl (C=O) groups is 2. The van der Waals surface area contributed by atoms with Gasteiger partial charge in [0.25, 0.3) is 5.91 Å². The third-order valence-electron chi connectivity index (χ3n) is 9.23. The lowest BCUT2D eigenvalue weighted by Crippen LogP contribution is -2.56. The number of amides is 1. The van der Waals surface area contributed by atoms with E-state index in [1.807, 2.05) is 35.4 Å². The molecule has 2 N–H and O–H groups in total. The molecular weight excluding hydrogens is 526 g/mol. The fourth-order valence-corrected chi connectivity index (χ4v) is 8.08. The molecule has 0 aliphatic carbocycles. The molecule has 3 aliphatic heterocycles. The van der Waals surface area contributed by atoms with Crippen LogP contribution in [0.25, 0.3) is 43.6 Å². The number of esters is 1. The number of aromatic nitrogens is 2. The Bertz CT molecular complexity index is 1990. The van der Waals surface area contributed by atoms with E-state index in [1.54, 1.807) is 6.92 Å². The first-order valence-corrected chi connectivity index (χ1v) is 14.8. The lowest BCUT2D eigenvalue weighted by atomic mass is 9.88. The summed E-state index contributed by atoms with van der Waals surface area (Å²) in [5, 5.41) is 19.1. The van der Waals surface area contributed by atoms with Gasteiger partial charge in [0, 0.05) is 40.3 Å². The first kappa shape index (κ1) is 24.3. The van der Waals surface area contributed by atoms with Crippen molar-refractivity contribution < 1.29 is 24.2 Å². The largest absolute Gasteiger partial charge is 0.467 e. The van der Waals surface area contributed by atoms with E-state index in [0.29, 0.717) is 12.1 Å². The summed E-state index contributed by atoms with van der Waals surface area (Å²) in [6.45, 7) is 6.38. The zero-order chi connectivity index (χ0) is 27.7. The maximum Gasteiger partial charge on any atom is 0.343 e.